The van der Waals surface area contributed by atoms with E-state index in [0.29, 0.717) is 56.8 Å². The van der Waals surface area contributed by atoms with Crippen LogP contribution >= 0.6 is 0 Å². The summed E-state index contributed by atoms with van der Waals surface area (Å²) in [6.07, 6.45) is 5.54. The van der Waals surface area contributed by atoms with Gasteiger partial charge in [-0.15, -0.1) is 0 Å². The molecule has 0 radical (unpaired) electrons. The molecule has 0 bridgehead atoms. The zero-order chi connectivity index (χ0) is 67.8. The zero-order valence-corrected chi connectivity index (χ0v) is 58.4. The maximum Gasteiger partial charge on any atom is 0.407 e. The lowest BCUT2D eigenvalue weighted by molar-refractivity contribution is 0.0488. The van der Waals surface area contributed by atoms with Crippen molar-refractivity contribution in [2.75, 3.05) is 46.8 Å². The summed E-state index contributed by atoms with van der Waals surface area (Å²) in [5, 5.41) is 32.7. The molecule has 93 heavy (non-hydrogen) atoms. The number of alkyl carbamates (subject to hydrolysis) is 1. The molecule has 8 rings (SSSR count). The van der Waals surface area contributed by atoms with E-state index in [-0.39, 0.29) is 66.8 Å². The van der Waals surface area contributed by atoms with Gasteiger partial charge >= 0.3 is 18.0 Å². The maximum atomic E-state index is 13.4. The minimum atomic E-state index is -2.81. The number of carbonyl (C=O) groups is 3. The first-order chi connectivity index (χ1) is 44.5. The summed E-state index contributed by atoms with van der Waals surface area (Å²) in [7, 11) is -4.61. The van der Waals surface area contributed by atoms with Crippen molar-refractivity contribution in [3.8, 4) is 22.5 Å². The van der Waals surface area contributed by atoms with Gasteiger partial charge in [0.05, 0.1) is 37.8 Å². The van der Waals surface area contributed by atoms with Gasteiger partial charge < -0.3 is 58.6 Å². The Morgan fingerprint density at radius 2 is 0.892 bits per heavy atom. The summed E-state index contributed by atoms with van der Waals surface area (Å²) in [5.74, 6) is -0.583. The Bertz CT molecular complexity index is 3450. The molecular formula is C74H98N6O11Si2. The van der Waals surface area contributed by atoms with Crippen molar-refractivity contribution >= 4 is 55.4 Å². The van der Waals surface area contributed by atoms with Gasteiger partial charge in [-0.05, 0) is 102 Å². The summed E-state index contributed by atoms with van der Waals surface area (Å²) >= 11 is 0. The first kappa shape index (κ1) is 74.2. The number of aliphatic hydroxyl groups excluding tert-OH is 3. The van der Waals surface area contributed by atoms with E-state index in [4.69, 9.17) is 49.1 Å². The van der Waals surface area contributed by atoms with Gasteiger partial charge in [0, 0.05) is 69.0 Å². The van der Waals surface area contributed by atoms with Crippen molar-refractivity contribution in [2.45, 2.75) is 143 Å². The highest BCUT2D eigenvalue weighted by Gasteiger charge is 2.51. The van der Waals surface area contributed by atoms with Crippen molar-refractivity contribution in [3.05, 3.63) is 205 Å². The van der Waals surface area contributed by atoms with Gasteiger partial charge in [-0.25, -0.2) is 24.4 Å². The summed E-state index contributed by atoms with van der Waals surface area (Å²) in [4.78, 5) is 47.9. The lowest BCUT2D eigenvalue weighted by Crippen LogP contribution is -2.66. The molecular weight excluding hydrogens is 1210 g/mol. The molecule has 19 heteroatoms. The highest BCUT2D eigenvalue weighted by molar-refractivity contribution is 7.00. The van der Waals surface area contributed by atoms with Crippen LogP contribution in [-0.4, -0.2) is 134 Å². The first-order valence-electron chi connectivity index (χ1n) is 32.1. The number of benzene rings is 6. The van der Waals surface area contributed by atoms with Crippen LogP contribution in [0.15, 0.2) is 182 Å². The fourth-order valence-electron chi connectivity index (χ4n) is 11.6. The molecule has 0 aliphatic carbocycles. The maximum absolute atomic E-state index is 13.4. The number of imidazole rings is 2. The molecule has 1 amide bonds. The number of esters is 2. The Morgan fingerprint density at radius 1 is 0.516 bits per heavy atom. The minimum absolute atomic E-state index is 0.0740. The van der Waals surface area contributed by atoms with Crippen LogP contribution < -0.4 is 31.8 Å². The van der Waals surface area contributed by atoms with Gasteiger partial charge in [0.25, 0.3) is 16.6 Å². The molecule has 2 aromatic heterocycles. The Kier molecular flexibility index (Phi) is 27.8. The van der Waals surface area contributed by atoms with Crippen LogP contribution in [0.5, 0.6) is 0 Å². The molecule has 8 aromatic rings. The number of nitrogens with zero attached hydrogens (tertiary/aromatic N) is 4. The number of nitrogens with one attached hydrogen (secondary N) is 1. The van der Waals surface area contributed by atoms with Crippen molar-refractivity contribution in [3.63, 3.8) is 0 Å². The van der Waals surface area contributed by atoms with Crippen LogP contribution in [-0.2, 0) is 49.0 Å². The predicted octanol–water partition coefficient (Wildman–Crippen LogP) is 10.3. The number of aromatic nitrogens is 4. The molecule has 0 saturated carbocycles. The molecule has 498 valence electrons. The summed E-state index contributed by atoms with van der Waals surface area (Å²) in [6.45, 7) is 24.6. The second-order valence-electron chi connectivity index (χ2n) is 25.7. The summed E-state index contributed by atoms with van der Waals surface area (Å²) < 4.78 is 34.1. The average Bonchev–Trinajstić information content (AvgIpc) is 1.50. The topological polar surface area (TPSA) is 232 Å². The molecule has 0 aliphatic rings. The van der Waals surface area contributed by atoms with Crippen LogP contribution in [0.3, 0.4) is 0 Å². The van der Waals surface area contributed by atoms with Gasteiger partial charge in [-0.3, -0.25) is 0 Å². The van der Waals surface area contributed by atoms with Crippen LogP contribution in [0.1, 0.15) is 121 Å². The average molecular weight is 1300 g/mol. The van der Waals surface area contributed by atoms with E-state index < -0.39 is 40.3 Å². The van der Waals surface area contributed by atoms with Crippen LogP contribution in [0.25, 0.3) is 22.5 Å². The zero-order valence-electron chi connectivity index (χ0n) is 56.4. The van der Waals surface area contributed by atoms with E-state index >= 15 is 0 Å². The number of nitrogens with two attached hydrogens (primary N) is 1. The van der Waals surface area contributed by atoms with Gasteiger partial charge in [0.15, 0.2) is 0 Å². The monoisotopic (exact) mass is 1300 g/mol. The molecule has 6 aromatic carbocycles. The molecule has 0 fully saturated rings. The van der Waals surface area contributed by atoms with Crippen molar-refractivity contribution < 1.29 is 52.8 Å². The Morgan fingerprint density at radius 3 is 1.25 bits per heavy atom. The lowest BCUT2D eigenvalue weighted by Gasteiger charge is -2.43. The number of ether oxygens (including phenoxy) is 3. The van der Waals surface area contributed by atoms with E-state index in [1.807, 2.05) is 92.2 Å². The van der Waals surface area contributed by atoms with E-state index in [1.165, 1.54) is 20.7 Å². The third kappa shape index (κ3) is 19.8. The van der Waals surface area contributed by atoms with Crippen molar-refractivity contribution in [2.24, 2.45) is 5.73 Å². The quantitative estimate of drug-likeness (QED) is 0.0183. The molecule has 0 saturated heterocycles. The number of aliphatic hydroxyl groups is 3. The number of carbonyl (C=O) groups excluding carboxylic acids is 3. The SMILES string of the molecule is CCOC(=O)c1nc(-c2ccc(CC(N)CCO)cc2)cn1CCO.CCOC(=O)c1nc(-c2ccc(C[C@@H](CCO[Si](c3ccccc3)(c3ccccc3)C(C)(C)C)NC(=O)OC(C)(C)C)cc2)cn1CCO[Si](c1ccccc1)(c1ccccc1)C(C)(C)C.CO. The summed E-state index contributed by atoms with van der Waals surface area (Å²) in [5.41, 5.74) is 10.4. The fourth-order valence-corrected chi connectivity index (χ4v) is 20.8. The highest BCUT2D eigenvalue weighted by Crippen LogP contribution is 2.38. The van der Waals surface area contributed by atoms with Crippen LogP contribution in [0, 0.1) is 0 Å². The normalized spacial score (nSPS) is 12.5. The largest absolute Gasteiger partial charge is 0.460 e. The van der Waals surface area contributed by atoms with Gasteiger partial charge in [0.1, 0.15) is 5.60 Å². The van der Waals surface area contributed by atoms with Crippen LogP contribution in [0.4, 0.5) is 4.79 Å². The van der Waals surface area contributed by atoms with Gasteiger partial charge in [0.2, 0.25) is 11.6 Å². The van der Waals surface area contributed by atoms with Crippen LogP contribution in [0.2, 0.25) is 10.1 Å². The van der Waals surface area contributed by atoms with Crippen molar-refractivity contribution in [1.82, 2.24) is 24.4 Å². The second-order valence-corrected chi connectivity index (χ2v) is 34.3. The molecule has 2 atom stereocenters. The number of hydrogen-bond donors (Lipinski definition) is 5. The molecule has 2 heterocycles. The van der Waals surface area contributed by atoms with Gasteiger partial charge in [-0.2, -0.15) is 0 Å². The van der Waals surface area contributed by atoms with E-state index in [0.717, 1.165) is 29.4 Å². The van der Waals surface area contributed by atoms with Crippen molar-refractivity contribution in [1.29, 1.82) is 0 Å². The third-order valence-electron chi connectivity index (χ3n) is 15.8. The molecule has 17 nitrogen and oxygen atoms in total. The third-order valence-corrected chi connectivity index (χ3v) is 25.9. The Labute approximate surface area is 552 Å². The minimum Gasteiger partial charge on any atom is -0.460 e. The number of hydrogen-bond acceptors (Lipinski definition) is 14. The number of rotatable bonds is 27. The highest BCUT2D eigenvalue weighted by atomic mass is 28.4. The Balaban J connectivity index is 0.000000423. The second kappa shape index (κ2) is 34.9. The van der Waals surface area contributed by atoms with E-state index in [9.17, 15) is 14.4 Å². The standard InChI is InChI=1S/C55H69N3O6Si2.C18H25N3O4.CH4O/c1-11-61-51(59)50-57-49(41-58(50)37-39-63-66(55(8,9)10,47-28-20-14-21-29-47)48-30-22-15-23-31-48)43-34-32-42(33-35-43)40-44(56-52(60)64-53(2,3)4)36-38-62-65(54(5,6)7,45-24-16-12-17-25-45)46-26-18-13-19-27-46;1-2-25-18(24)17-20-16(12-21(17)8-10-23)14-5-3-13(4-6-14)11-15(19)7-9-22;1-2/h12-35,41,44H,11,36-40H2,1-10H3,(H,56,60);3-6,12,15,22-23H,2,7-11,19H2,1H3;2H,1H3/t44-;;/m1../s1. The fraction of sp³-hybridized carbons (Fsp3) is 0.392. The molecule has 0 spiro atoms. The number of amides is 1. The van der Waals surface area contributed by atoms with E-state index in [1.54, 1.807) is 24.6 Å². The molecule has 6 N–H and O–H groups in total. The lowest BCUT2D eigenvalue weighted by atomic mass is 10.0. The predicted molar refractivity (Wildman–Crippen MR) is 374 cm³/mol. The molecule has 0 aliphatic heterocycles. The van der Waals surface area contributed by atoms with Gasteiger partial charge in [-0.1, -0.05) is 211 Å². The smallest absolute Gasteiger partial charge is 0.407 e. The first-order valence-corrected chi connectivity index (χ1v) is 35.9. The Hall–Kier alpha value is -7.86. The summed E-state index contributed by atoms with van der Waals surface area (Å²) in [6, 6.07) is 57.8. The van der Waals surface area contributed by atoms with E-state index in [2.05, 4.69) is 161 Å². The molecule has 1 unspecified atom stereocenters.